The van der Waals surface area contributed by atoms with Crippen molar-refractivity contribution in [3.05, 3.63) is 0 Å². The highest BCUT2D eigenvalue weighted by Crippen LogP contribution is 2.03. The Hall–Kier alpha value is -3.46. The minimum Gasteiger partial charge on any atom is -0.481 e. The molecule has 2 atom stereocenters. The van der Waals surface area contributed by atoms with E-state index in [-0.39, 0.29) is 70.4 Å². The Morgan fingerprint density at radius 2 is 1.20 bits per heavy atom. The fourth-order valence-electron chi connectivity index (χ4n) is 2.65. The molecule has 0 aromatic rings. The largest absolute Gasteiger partial charge is 0.481 e. The second-order valence-corrected chi connectivity index (χ2v) is 7.36. The van der Waals surface area contributed by atoms with Crippen LogP contribution in [0.5, 0.6) is 0 Å². The van der Waals surface area contributed by atoms with Crippen LogP contribution in [0.2, 0.25) is 0 Å². The summed E-state index contributed by atoms with van der Waals surface area (Å²) in [4.78, 5) is 68.0. The predicted molar refractivity (Wildman–Crippen MR) is 118 cm³/mol. The molecule has 0 aromatic carbocycles. The maximum absolute atomic E-state index is 11.9. The summed E-state index contributed by atoms with van der Waals surface area (Å²) >= 11 is 0. The van der Waals surface area contributed by atoms with E-state index in [4.69, 9.17) is 20.1 Å². The van der Waals surface area contributed by atoms with E-state index in [2.05, 4.69) is 16.0 Å². The van der Waals surface area contributed by atoms with Crippen molar-refractivity contribution in [1.82, 2.24) is 21.3 Å². The zero-order valence-corrected chi connectivity index (χ0v) is 19.3. The number of carboxylic acid groups (broad SMARTS) is 3. The van der Waals surface area contributed by atoms with Gasteiger partial charge in [0.15, 0.2) is 0 Å². The number of aliphatic hydroxyl groups excluding tert-OH is 1. The number of carboxylic acids is 3. The molecular weight excluding hydrogens is 472 g/mol. The number of aliphatic hydroxyl groups is 1. The average molecular weight is 507 g/mol. The highest BCUT2D eigenvalue weighted by Gasteiger charge is 2.24. The Morgan fingerprint density at radius 1 is 0.686 bits per heavy atom. The first-order chi connectivity index (χ1) is 16.6. The summed E-state index contributed by atoms with van der Waals surface area (Å²) in [5, 5.41) is 44.8. The summed E-state index contributed by atoms with van der Waals surface area (Å²) in [5.41, 5.74) is 0. The minimum atomic E-state index is -1.48. The first kappa shape index (κ1) is 31.5. The lowest BCUT2D eigenvalue weighted by Gasteiger charge is -2.18. The lowest BCUT2D eigenvalue weighted by atomic mass is 10.1. The van der Waals surface area contributed by atoms with Gasteiger partial charge >= 0.3 is 23.9 Å². The molecule has 15 nitrogen and oxygen atoms in total. The Bertz CT molecular complexity index is 717. The lowest BCUT2D eigenvalue weighted by Crippen LogP contribution is -2.51. The molecule has 15 heteroatoms. The van der Waals surface area contributed by atoms with E-state index in [1.54, 1.807) is 0 Å². The molecule has 0 rings (SSSR count). The van der Waals surface area contributed by atoms with Gasteiger partial charge in [-0.25, -0.2) is 14.4 Å². The van der Waals surface area contributed by atoms with E-state index in [1.165, 1.54) is 0 Å². The fraction of sp³-hybridized carbons (Fsp3) is 0.700. The minimum absolute atomic E-state index is 0.0208. The smallest absolute Gasteiger partial charge is 0.326 e. The molecule has 0 heterocycles. The topological polar surface area (TPSA) is 241 Å². The van der Waals surface area contributed by atoms with Crippen LogP contribution in [0.15, 0.2) is 0 Å². The zero-order valence-electron chi connectivity index (χ0n) is 19.3. The number of unbranched alkanes of at least 4 members (excludes halogenated alkanes) is 1. The molecule has 200 valence electrons. The van der Waals surface area contributed by atoms with Crippen molar-refractivity contribution in [2.45, 2.75) is 57.0 Å². The molecule has 0 aliphatic carbocycles. The maximum atomic E-state index is 11.9. The second kappa shape index (κ2) is 18.9. The summed E-state index contributed by atoms with van der Waals surface area (Å²) in [6.07, 6.45) is 0.106. The summed E-state index contributed by atoms with van der Waals surface area (Å²) < 4.78 is 5.18. The van der Waals surface area contributed by atoms with Gasteiger partial charge < -0.3 is 46.4 Å². The van der Waals surface area contributed by atoms with Gasteiger partial charge in [0.05, 0.1) is 19.8 Å². The number of nitrogens with one attached hydrogen (secondary N) is 4. The molecule has 4 amide bonds. The third-order valence-electron chi connectivity index (χ3n) is 4.48. The van der Waals surface area contributed by atoms with Gasteiger partial charge in [0.25, 0.3) is 0 Å². The number of ether oxygens (including phenoxy) is 1. The molecular formula is C20H34N4O11. The van der Waals surface area contributed by atoms with Gasteiger partial charge in [-0.2, -0.15) is 0 Å². The van der Waals surface area contributed by atoms with Crippen LogP contribution in [0, 0.1) is 0 Å². The Balaban J connectivity index is 4.10. The van der Waals surface area contributed by atoms with E-state index in [1.807, 2.05) is 5.32 Å². The van der Waals surface area contributed by atoms with E-state index in [0.29, 0.717) is 12.8 Å². The van der Waals surface area contributed by atoms with Crippen molar-refractivity contribution >= 4 is 35.8 Å². The van der Waals surface area contributed by atoms with Crippen molar-refractivity contribution < 1.29 is 53.9 Å². The van der Waals surface area contributed by atoms with Crippen molar-refractivity contribution in [1.29, 1.82) is 0 Å². The monoisotopic (exact) mass is 506 g/mol. The Morgan fingerprint density at radius 3 is 1.69 bits per heavy atom. The standard InChI is InChI=1S/C20H34N4O11/c25-10-9-22-16(27)7-12-35-11-6-15(26)21-8-2-1-3-13(18(30)31)23-20(34)24-14(19(32)33)4-5-17(28)29/h13-14,25H,1-12H2,(H,21,26)(H,22,27)(H,28,29)(H,30,31)(H,32,33)(H2,23,24,34). The van der Waals surface area contributed by atoms with Crippen LogP contribution in [-0.4, -0.2) is 101 Å². The number of hydrogen-bond donors (Lipinski definition) is 8. The quantitative estimate of drug-likeness (QED) is 0.0861. The van der Waals surface area contributed by atoms with E-state index < -0.39 is 42.4 Å². The average Bonchev–Trinajstić information content (AvgIpc) is 2.78. The molecule has 0 radical (unpaired) electrons. The van der Waals surface area contributed by atoms with Gasteiger partial charge in [0.1, 0.15) is 12.1 Å². The molecule has 0 aliphatic heterocycles. The van der Waals surface area contributed by atoms with Crippen LogP contribution < -0.4 is 21.3 Å². The summed E-state index contributed by atoms with van der Waals surface area (Å²) in [6.45, 7) is 0.519. The van der Waals surface area contributed by atoms with E-state index >= 15 is 0 Å². The van der Waals surface area contributed by atoms with Crippen LogP contribution in [0.4, 0.5) is 4.79 Å². The molecule has 0 saturated heterocycles. The number of amides is 4. The van der Waals surface area contributed by atoms with Crippen LogP contribution in [-0.2, 0) is 28.7 Å². The molecule has 0 aromatic heterocycles. The van der Waals surface area contributed by atoms with Gasteiger partial charge in [-0.3, -0.25) is 14.4 Å². The summed E-state index contributed by atoms with van der Waals surface area (Å²) in [6, 6.07) is -3.83. The number of urea groups is 1. The van der Waals surface area contributed by atoms with Crippen LogP contribution >= 0.6 is 0 Å². The van der Waals surface area contributed by atoms with E-state index in [9.17, 15) is 33.9 Å². The van der Waals surface area contributed by atoms with Gasteiger partial charge in [-0.05, 0) is 25.7 Å². The van der Waals surface area contributed by atoms with Crippen LogP contribution in [0.3, 0.4) is 0 Å². The van der Waals surface area contributed by atoms with Gasteiger partial charge in [-0.15, -0.1) is 0 Å². The predicted octanol–water partition coefficient (Wildman–Crippen LogP) is -1.75. The summed E-state index contributed by atoms with van der Waals surface area (Å²) in [7, 11) is 0. The van der Waals surface area contributed by atoms with E-state index in [0.717, 1.165) is 0 Å². The Labute approximate surface area is 201 Å². The normalized spacial score (nSPS) is 12.1. The first-order valence-corrected chi connectivity index (χ1v) is 11.0. The Kier molecular flexibility index (Phi) is 17.0. The van der Waals surface area contributed by atoms with Gasteiger partial charge in [0.2, 0.25) is 11.8 Å². The molecule has 0 fully saturated rings. The van der Waals surface area contributed by atoms with Crippen molar-refractivity contribution in [3.8, 4) is 0 Å². The third kappa shape index (κ3) is 17.7. The summed E-state index contributed by atoms with van der Waals surface area (Å²) in [5.74, 6) is -4.57. The van der Waals surface area contributed by atoms with Crippen molar-refractivity contribution in [2.75, 3.05) is 32.9 Å². The van der Waals surface area contributed by atoms with Crippen LogP contribution in [0.1, 0.15) is 44.9 Å². The number of carbonyl (C=O) groups is 6. The molecule has 0 aliphatic rings. The number of aliphatic carboxylic acids is 3. The molecule has 8 N–H and O–H groups in total. The first-order valence-electron chi connectivity index (χ1n) is 11.0. The lowest BCUT2D eigenvalue weighted by molar-refractivity contribution is -0.141. The molecule has 0 saturated carbocycles. The highest BCUT2D eigenvalue weighted by molar-refractivity contribution is 5.86. The third-order valence-corrected chi connectivity index (χ3v) is 4.48. The number of hydrogen-bond acceptors (Lipinski definition) is 8. The second-order valence-electron chi connectivity index (χ2n) is 7.36. The number of carbonyl (C=O) groups excluding carboxylic acids is 3. The molecule has 0 spiro atoms. The van der Waals surface area contributed by atoms with Crippen molar-refractivity contribution in [2.24, 2.45) is 0 Å². The maximum Gasteiger partial charge on any atom is 0.326 e. The molecule has 0 bridgehead atoms. The van der Waals surface area contributed by atoms with Crippen molar-refractivity contribution in [3.63, 3.8) is 0 Å². The number of rotatable bonds is 20. The highest BCUT2D eigenvalue weighted by atomic mass is 16.5. The van der Waals surface area contributed by atoms with Gasteiger partial charge in [0, 0.05) is 32.4 Å². The molecule has 35 heavy (non-hydrogen) atoms. The van der Waals surface area contributed by atoms with Gasteiger partial charge in [-0.1, -0.05) is 0 Å². The molecule has 2 unspecified atom stereocenters. The fourth-order valence-corrected chi connectivity index (χ4v) is 2.65. The van der Waals surface area contributed by atoms with Crippen LogP contribution in [0.25, 0.3) is 0 Å². The zero-order chi connectivity index (χ0) is 26.6. The SMILES string of the molecule is O=C(O)CCC(NC(=O)NC(CCCCNC(=O)CCOCCC(=O)NCCO)C(=O)O)C(=O)O.